The number of ether oxygens (including phenoxy) is 1. The maximum absolute atomic E-state index is 12.3. The summed E-state index contributed by atoms with van der Waals surface area (Å²) in [6.45, 7) is 6.87. The second-order valence-electron chi connectivity index (χ2n) is 7.56. The summed E-state index contributed by atoms with van der Waals surface area (Å²) in [5, 5.41) is 4.45. The van der Waals surface area contributed by atoms with Crippen LogP contribution in [0.15, 0.2) is 29.4 Å². The van der Waals surface area contributed by atoms with Crippen molar-refractivity contribution in [2.24, 2.45) is 21.8 Å². The summed E-state index contributed by atoms with van der Waals surface area (Å²) < 4.78 is 4.65. The van der Waals surface area contributed by atoms with E-state index in [0.29, 0.717) is 17.0 Å². The van der Waals surface area contributed by atoms with Crippen LogP contribution in [0.1, 0.15) is 60.7 Å². The van der Waals surface area contributed by atoms with E-state index in [4.69, 9.17) is 0 Å². The summed E-state index contributed by atoms with van der Waals surface area (Å²) in [6, 6.07) is 6.37. The average molecular weight is 328 g/mol. The van der Waals surface area contributed by atoms with Crippen LogP contribution in [-0.4, -0.2) is 24.7 Å². The van der Waals surface area contributed by atoms with Gasteiger partial charge in [-0.3, -0.25) is 4.79 Å². The second kappa shape index (κ2) is 5.72. The van der Waals surface area contributed by atoms with Crippen LogP contribution in [0.4, 0.5) is 0 Å². The molecule has 5 nitrogen and oxygen atoms in total. The van der Waals surface area contributed by atoms with Gasteiger partial charge in [0.2, 0.25) is 0 Å². The molecule has 0 spiro atoms. The van der Waals surface area contributed by atoms with Gasteiger partial charge in [-0.15, -0.1) is 0 Å². The molecule has 1 aromatic rings. The van der Waals surface area contributed by atoms with Gasteiger partial charge in [-0.1, -0.05) is 20.8 Å². The first-order chi connectivity index (χ1) is 11.3. The quantitative estimate of drug-likeness (QED) is 0.683. The fraction of sp³-hybridized carbons (Fsp3) is 0.526. The Morgan fingerprint density at radius 3 is 2.29 bits per heavy atom. The van der Waals surface area contributed by atoms with Gasteiger partial charge < -0.3 is 4.74 Å². The van der Waals surface area contributed by atoms with Crippen molar-refractivity contribution in [3.8, 4) is 0 Å². The lowest BCUT2D eigenvalue weighted by Crippen LogP contribution is -2.34. The van der Waals surface area contributed by atoms with Crippen molar-refractivity contribution in [2.45, 2.75) is 40.0 Å². The lowest BCUT2D eigenvalue weighted by Gasteiger charge is -2.34. The zero-order valence-electron chi connectivity index (χ0n) is 14.7. The summed E-state index contributed by atoms with van der Waals surface area (Å²) >= 11 is 0. The van der Waals surface area contributed by atoms with Crippen LogP contribution in [0.3, 0.4) is 0 Å². The molecule has 5 heteroatoms. The van der Waals surface area contributed by atoms with Gasteiger partial charge in [0.05, 0.1) is 12.7 Å². The number of esters is 1. The molecule has 0 aliphatic heterocycles. The number of nitrogens with zero attached hydrogens (tertiary/aromatic N) is 1. The predicted molar refractivity (Wildman–Crippen MR) is 91.9 cm³/mol. The number of hydrogen-bond donors (Lipinski definition) is 1. The minimum absolute atomic E-state index is 0.0691. The van der Waals surface area contributed by atoms with Gasteiger partial charge in [0.1, 0.15) is 0 Å². The molecule has 24 heavy (non-hydrogen) atoms. The highest BCUT2D eigenvalue weighted by Gasteiger charge is 2.60. The number of carbonyl (C=O) groups is 2. The third-order valence-corrected chi connectivity index (χ3v) is 6.37. The molecule has 0 radical (unpaired) electrons. The van der Waals surface area contributed by atoms with Crippen LogP contribution in [0, 0.1) is 16.7 Å². The number of amides is 1. The molecule has 0 aromatic heterocycles. The highest BCUT2D eigenvalue weighted by Crippen LogP contribution is 2.63. The molecular weight excluding hydrogens is 304 g/mol. The normalized spacial score (nSPS) is 28.8. The van der Waals surface area contributed by atoms with Gasteiger partial charge in [-0.2, -0.15) is 5.10 Å². The van der Waals surface area contributed by atoms with E-state index >= 15 is 0 Å². The molecule has 2 atom stereocenters. The Bertz CT molecular complexity index is 706. The van der Waals surface area contributed by atoms with E-state index in [1.165, 1.54) is 13.5 Å². The molecular formula is C19H24N2O3. The highest BCUT2D eigenvalue weighted by molar-refractivity contribution is 5.99. The van der Waals surface area contributed by atoms with E-state index in [0.717, 1.165) is 18.6 Å². The van der Waals surface area contributed by atoms with E-state index in [-0.39, 0.29) is 16.7 Å². The molecule has 2 saturated carbocycles. The first kappa shape index (κ1) is 16.7. The molecule has 2 aliphatic carbocycles. The van der Waals surface area contributed by atoms with Crippen LogP contribution in [-0.2, 0) is 4.74 Å². The van der Waals surface area contributed by atoms with Crippen molar-refractivity contribution in [2.75, 3.05) is 7.11 Å². The lowest BCUT2D eigenvalue weighted by molar-refractivity contribution is 0.0600. The number of hydrazone groups is 1. The zero-order chi connectivity index (χ0) is 17.5. The van der Waals surface area contributed by atoms with Crippen molar-refractivity contribution in [1.82, 2.24) is 5.43 Å². The Hall–Kier alpha value is -2.17. The standard InChI is InChI=1S/C19H24N2O3/c1-18(2)14-9-10-19(18,3)15(11-14)20-21-16(22)12-5-7-13(8-6-12)17(23)24-4/h5-8,14H,9-11H2,1-4H3,(H,21,22)/b20-15-/t14-,19-/m1/s1. The Kier molecular flexibility index (Phi) is 3.98. The van der Waals surface area contributed by atoms with E-state index in [1.54, 1.807) is 24.3 Å². The van der Waals surface area contributed by atoms with Gasteiger partial charge >= 0.3 is 5.97 Å². The van der Waals surface area contributed by atoms with Crippen LogP contribution in [0.2, 0.25) is 0 Å². The molecule has 0 heterocycles. The maximum Gasteiger partial charge on any atom is 0.337 e. The fourth-order valence-corrected chi connectivity index (χ4v) is 4.16. The maximum atomic E-state index is 12.3. The summed E-state index contributed by atoms with van der Waals surface area (Å²) in [5.74, 6) is -0.0278. The van der Waals surface area contributed by atoms with E-state index in [2.05, 4.69) is 36.0 Å². The molecule has 2 bridgehead atoms. The smallest absolute Gasteiger partial charge is 0.337 e. The summed E-state index contributed by atoms with van der Waals surface area (Å²) in [6.07, 6.45) is 3.34. The number of rotatable bonds is 3. The number of methoxy groups -OCH3 is 1. The molecule has 1 N–H and O–H groups in total. The molecule has 0 unspecified atom stereocenters. The van der Waals surface area contributed by atoms with E-state index < -0.39 is 5.97 Å². The first-order valence-electron chi connectivity index (χ1n) is 8.35. The van der Waals surface area contributed by atoms with Crippen LogP contribution < -0.4 is 5.43 Å². The zero-order valence-corrected chi connectivity index (χ0v) is 14.7. The van der Waals surface area contributed by atoms with Gasteiger partial charge in [0, 0.05) is 16.7 Å². The van der Waals surface area contributed by atoms with Gasteiger partial charge in [0.15, 0.2) is 0 Å². The average Bonchev–Trinajstić information content (AvgIpc) is 2.92. The molecule has 1 amide bonds. The molecule has 1 aromatic carbocycles. The Morgan fingerprint density at radius 1 is 1.17 bits per heavy atom. The van der Waals surface area contributed by atoms with Crippen molar-refractivity contribution in [3.63, 3.8) is 0 Å². The number of hydrogen-bond acceptors (Lipinski definition) is 4. The Morgan fingerprint density at radius 2 is 1.79 bits per heavy atom. The van der Waals surface area contributed by atoms with Crippen molar-refractivity contribution in [1.29, 1.82) is 0 Å². The molecule has 2 fully saturated rings. The van der Waals surface area contributed by atoms with Crippen molar-refractivity contribution < 1.29 is 14.3 Å². The molecule has 128 valence electrons. The Balaban J connectivity index is 1.71. The van der Waals surface area contributed by atoms with Crippen molar-refractivity contribution in [3.05, 3.63) is 35.4 Å². The minimum atomic E-state index is -0.417. The SMILES string of the molecule is COC(=O)c1ccc(C(=O)N/N=C2/C[C@H]3CC[C@@]2(C)C3(C)C)cc1. The summed E-state index contributed by atoms with van der Waals surface area (Å²) in [5.41, 5.74) is 4.98. The first-order valence-corrected chi connectivity index (χ1v) is 8.35. The minimum Gasteiger partial charge on any atom is -0.465 e. The van der Waals surface area contributed by atoms with Gasteiger partial charge in [-0.25, -0.2) is 10.2 Å². The summed E-state index contributed by atoms with van der Waals surface area (Å²) in [4.78, 5) is 23.7. The molecule has 3 rings (SSSR count). The number of fused-ring (bicyclic) bond motifs is 2. The number of benzene rings is 1. The van der Waals surface area contributed by atoms with Crippen molar-refractivity contribution >= 4 is 17.6 Å². The van der Waals surface area contributed by atoms with Crippen LogP contribution in [0.25, 0.3) is 0 Å². The molecule has 0 saturated heterocycles. The lowest BCUT2D eigenvalue weighted by atomic mass is 9.70. The summed E-state index contributed by atoms with van der Waals surface area (Å²) in [7, 11) is 1.33. The third kappa shape index (κ3) is 2.43. The second-order valence-corrected chi connectivity index (χ2v) is 7.56. The van der Waals surface area contributed by atoms with Crippen LogP contribution in [0.5, 0.6) is 0 Å². The van der Waals surface area contributed by atoms with Gasteiger partial charge in [-0.05, 0) is 54.9 Å². The van der Waals surface area contributed by atoms with E-state index in [1.807, 2.05) is 0 Å². The van der Waals surface area contributed by atoms with E-state index in [9.17, 15) is 9.59 Å². The topological polar surface area (TPSA) is 67.8 Å². The number of carbonyl (C=O) groups excluding carboxylic acids is 2. The number of nitrogens with one attached hydrogen (secondary N) is 1. The predicted octanol–water partition coefficient (Wildman–Crippen LogP) is 3.41. The fourth-order valence-electron chi connectivity index (χ4n) is 4.16. The van der Waals surface area contributed by atoms with Gasteiger partial charge in [0.25, 0.3) is 5.91 Å². The largest absolute Gasteiger partial charge is 0.465 e. The third-order valence-electron chi connectivity index (χ3n) is 6.37. The monoisotopic (exact) mass is 328 g/mol. The Labute approximate surface area is 142 Å². The molecule has 2 aliphatic rings. The highest BCUT2D eigenvalue weighted by atomic mass is 16.5. The van der Waals surface area contributed by atoms with Crippen LogP contribution >= 0.6 is 0 Å².